The number of hydrogen-bond acceptors (Lipinski definition) is 3. The minimum atomic E-state index is -0.841. The van der Waals surface area contributed by atoms with Crippen LogP contribution < -0.4 is 5.73 Å². The van der Waals surface area contributed by atoms with Gasteiger partial charge in [0.1, 0.15) is 11.5 Å². The Morgan fingerprint density at radius 1 is 1.12 bits per heavy atom. The van der Waals surface area contributed by atoms with Gasteiger partial charge < -0.3 is 10.5 Å². The molecule has 0 spiro atoms. The van der Waals surface area contributed by atoms with E-state index in [2.05, 4.69) is 6.58 Å². The third kappa shape index (κ3) is 3.24. The molecule has 1 aliphatic rings. The van der Waals surface area contributed by atoms with E-state index in [1.54, 1.807) is 0 Å². The predicted molar refractivity (Wildman–Crippen MR) is 100 cm³/mol. The van der Waals surface area contributed by atoms with E-state index in [0.717, 1.165) is 29.5 Å². The molecule has 3 rings (SSSR count). The summed E-state index contributed by atoms with van der Waals surface area (Å²) in [6.45, 7) is 6.56. The maximum atomic E-state index is 13.2. The Balaban J connectivity index is 1.90. The number of rotatable bonds is 6. The zero-order valence-electron chi connectivity index (χ0n) is 14.7. The topological polar surface area (TPSA) is 52.3 Å². The smallest absolute Gasteiger partial charge is 0.321 e. The first-order chi connectivity index (χ1) is 12.1. The van der Waals surface area contributed by atoms with E-state index in [1.807, 2.05) is 67.6 Å². The van der Waals surface area contributed by atoms with Crippen molar-refractivity contribution in [3.8, 4) is 0 Å². The van der Waals surface area contributed by atoms with E-state index >= 15 is 0 Å². The molecule has 2 unspecified atom stereocenters. The average Bonchev–Trinajstić information content (AvgIpc) is 2.66. The van der Waals surface area contributed by atoms with Crippen LogP contribution in [0.2, 0.25) is 0 Å². The van der Waals surface area contributed by atoms with E-state index in [9.17, 15) is 4.79 Å². The predicted octanol–water partition coefficient (Wildman–Crippen LogP) is 3.83. The second-order valence-corrected chi connectivity index (χ2v) is 6.85. The molecular weight excluding hydrogens is 310 g/mol. The Labute approximate surface area is 149 Å². The van der Waals surface area contributed by atoms with E-state index in [0.29, 0.717) is 6.54 Å². The van der Waals surface area contributed by atoms with Gasteiger partial charge in [-0.2, -0.15) is 0 Å². The molecule has 2 aromatic carbocycles. The summed E-state index contributed by atoms with van der Waals surface area (Å²) in [7, 11) is 0. The molecule has 0 aliphatic heterocycles. The van der Waals surface area contributed by atoms with E-state index < -0.39 is 5.41 Å². The number of nitrogens with two attached hydrogens (primary N) is 1. The monoisotopic (exact) mass is 335 g/mol. The first-order valence-corrected chi connectivity index (χ1v) is 8.77. The first kappa shape index (κ1) is 17.4. The molecule has 0 bridgehead atoms. The third-order valence-corrected chi connectivity index (χ3v) is 5.28. The molecule has 0 radical (unpaired) electrons. The Kier molecular flexibility index (Phi) is 5.05. The molecule has 3 nitrogen and oxygen atoms in total. The first-order valence-electron chi connectivity index (χ1n) is 8.77. The molecule has 0 heterocycles. The number of ether oxygens (including phenoxy) is 1. The SMILES string of the molecule is C=C1CC(OC(=O)C(C)(c2ccccc2)c2ccccc2)C1CCN. The molecule has 1 aliphatic carbocycles. The molecule has 0 aromatic heterocycles. The van der Waals surface area contributed by atoms with Crippen LogP contribution in [0.3, 0.4) is 0 Å². The van der Waals surface area contributed by atoms with Gasteiger partial charge in [-0.15, -0.1) is 0 Å². The zero-order chi connectivity index (χ0) is 17.9. The molecule has 2 N–H and O–H groups in total. The van der Waals surface area contributed by atoms with Gasteiger partial charge in [-0.3, -0.25) is 4.79 Å². The van der Waals surface area contributed by atoms with Crippen molar-refractivity contribution in [1.29, 1.82) is 0 Å². The molecule has 3 heteroatoms. The van der Waals surface area contributed by atoms with Crippen molar-refractivity contribution in [1.82, 2.24) is 0 Å². The maximum absolute atomic E-state index is 13.2. The average molecular weight is 335 g/mol. The van der Waals surface area contributed by atoms with Gasteiger partial charge >= 0.3 is 5.97 Å². The van der Waals surface area contributed by atoms with Gasteiger partial charge in [-0.05, 0) is 31.0 Å². The fourth-order valence-electron chi connectivity index (χ4n) is 3.55. The molecule has 1 fully saturated rings. The lowest BCUT2D eigenvalue weighted by Crippen LogP contribution is -2.44. The van der Waals surface area contributed by atoms with Crippen molar-refractivity contribution in [2.45, 2.75) is 31.3 Å². The van der Waals surface area contributed by atoms with Crippen LogP contribution in [0.25, 0.3) is 0 Å². The van der Waals surface area contributed by atoms with Gasteiger partial charge in [-0.1, -0.05) is 72.8 Å². The number of benzene rings is 2. The van der Waals surface area contributed by atoms with Gasteiger partial charge in [0.25, 0.3) is 0 Å². The van der Waals surface area contributed by atoms with Crippen molar-refractivity contribution < 1.29 is 9.53 Å². The Bertz CT molecular complexity index is 700. The number of carbonyl (C=O) groups excluding carboxylic acids is 1. The lowest BCUT2D eigenvalue weighted by molar-refractivity contribution is -0.159. The van der Waals surface area contributed by atoms with Crippen LogP contribution in [-0.4, -0.2) is 18.6 Å². The highest BCUT2D eigenvalue weighted by molar-refractivity contribution is 5.87. The molecule has 2 aromatic rings. The molecule has 1 saturated carbocycles. The summed E-state index contributed by atoms with van der Waals surface area (Å²) < 4.78 is 5.94. The van der Waals surface area contributed by atoms with Crippen LogP contribution in [0, 0.1) is 5.92 Å². The van der Waals surface area contributed by atoms with Crippen molar-refractivity contribution >= 4 is 5.97 Å². The van der Waals surface area contributed by atoms with Crippen LogP contribution in [0.1, 0.15) is 30.9 Å². The van der Waals surface area contributed by atoms with E-state index in [-0.39, 0.29) is 18.0 Å². The second kappa shape index (κ2) is 7.24. The van der Waals surface area contributed by atoms with Gasteiger partial charge in [0.2, 0.25) is 0 Å². The highest BCUT2D eigenvalue weighted by atomic mass is 16.5. The summed E-state index contributed by atoms with van der Waals surface area (Å²) in [5, 5.41) is 0. The lowest BCUT2D eigenvalue weighted by Gasteiger charge is -2.40. The largest absolute Gasteiger partial charge is 0.460 e. The fourth-order valence-corrected chi connectivity index (χ4v) is 3.55. The molecule has 0 amide bonds. The van der Waals surface area contributed by atoms with Gasteiger partial charge in [0.15, 0.2) is 0 Å². The number of esters is 1. The van der Waals surface area contributed by atoms with Gasteiger partial charge in [-0.25, -0.2) is 0 Å². The highest BCUT2D eigenvalue weighted by Crippen LogP contribution is 2.40. The summed E-state index contributed by atoms with van der Waals surface area (Å²) >= 11 is 0. The van der Waals surface area contributed by atoms with Crippen LogP contribution >= 0.6 is 0 Å². The van der Waals surface area contributed by atoms with Crippen LogP contribution in [0.15, 0.2) is 72.8 Å². The quantitative estimate of drug-likeness (QED) is 0.645. The number of carbonyl (C=O) groups is 1. The van der Waals surface area contributed by atoms with E-state index in [4.69, 9.17) is 10.5 Å². The molecular formula is C22H25NO2. The van der Waals surface area contributed by atoms with Crippen LogP contribution in [0.4, 0.5) is 0 Å². The summed E-state index contributed by atoms with van der Waals surface area (Å²) in [4.78, 5) is 13.2. The Morgan fingerprint density at radius 3 is 2.08 bits per heavy atom. The molecule has 0 saturated heterocycles. The summed E-state index contributed by atoms with van der Waals surface area (Å²) in [5.74, 6) is -0.0332. The Morgan fingerprint density at radius 2 is 1.64 bits per heavy atom. The minimum Gasteiger partial charge on any atom is -0.460 e. The Hall–Kier alpha value is -2.39. The van der Waals surface area contributed by atoms with Crippen molar-refractivity contribution in [2.75, 3.05) is 6.54 Å². The normalized spacial score (nSPS) is 20.0. The number of hydrogen-bond donors (Lipinski definition) is 1. The maximum Gasteiger partial charge on any atom is 0.321 e. The lowest BCUT2D eigenvalue weighted by atomic mass is 9.73. The van der Waals surface area contributed by atoms with Crippen molar-refractivity contribution in [3.63, 3.8) is 0 Å². The van der Waals surface area contributed by atoms with Gasteiger partial charge in [0, 0.05) is 12.3 Å². The minimum absolute atomic E-state index is 0.115. The van der Waals surface area contributed by atoms with Crippen LogP contribution in [-0.2, 0) is 14.9 Å². The van der Waals surface area contributed by atoms with Crippen LogP contribution in [0.5, 0.6) is 0 Å². The highest BCUT2D eigenvalue weighted by Gasteiger charge is 2.43. The summed E-state index contributed by atoms with van der Waals surface area (Å²) in [6.07, 6.45) is 1.43. The standard InChI is InChI=1S/C22H25NO2/c1-16-15-20(19(16)13-14-23)25-21(24)22(2,17-9-5-3-6-10-17)18-11-7-4-8-12-18/h3-12,19-20H,1,13-15,23H2,2H3. The molecule has 130 valence electrons. The van der Waals surface area contributed by atoms with Crippen molar-refractivity contribution in [2.24, 2.45) is 11.7 Å². The summed E-state index contributed by atoms with van der Waals surface area (Å²) in [6, 6.07) is 19.6. The fraction of sp³-hybridized carbons (Fsp3) is 0.318. The van der Waals surface area contributed by atoms with Gasteiger partial charge in [0.05, 0.1) is 0 Å². The van der Waals surface area contributed by atoms with Crippen molar-refractivity contribution in [3.05, 3.63) is 83.9 Å². The third-order valence-electron chi connectivity index (χ3n) is 5.28. The molecule has 2 atom stereocenters. The molecule has 25 heavy (non-hydrogen) atoms. The summed E-state index contributed by atoms with van der Waals surface area (Å²) in [5.41, 5.74) is 7.83. The zero-order valence-corrected chi connectivity index (χ0v) is 14.7. The van der Waals surface area contributed by atoms with E-state index in [1.165, 1.54) is 0 Å². The second-order valence-electron chi connectivity index (χ2n) is 6.85.